The normalized spacial score (nSPS) is 11.2. The fourth-order valence-corrected chi connectivity index (χ4v) is 7.26. The van der Waals surface area contributed by atoms with Gasteiger partial charge in [0.2, 0.25) is 0 Å². The van der Waals surface area contributed by atoms with Crippen LogP contribution >= 0.6 is 11.3 Å². The van der Waals surface area contributed by atoms with E-state index in [1.54, 1.807) is 6.20 Å². The number of pyridine rings is 2. The van der Waals surface area contributed by atoms with Crippen molar-refractivity contribution in [2.75, 3.05) is 5.32 Å². The van der Waals surface area contributed by atoms with Crippen molar-refractivity contribution >= 4 is 42.9 Å². The zero-order chi connectivity index (χ0) is 30.2. The van der Waals surface area contributed by atoms with Gasteiger partial charge in [0.15, 0.2) is 0 Å². The van der Waals surface area contributed by atoms with Crippen LogP contribution in [0.2, 0.25) is 0 Å². The van der Waals surface area contributed by atoms with E-state index in [1.807, 2.05) is 78.2 Å². The maximum Gasteiger partial charge on any atom is 0.0589 e. The summed E-state index contributed by atoms with van der Waals surface area (Å²) in [5.41, 5.74) is 12.4. The number of benzene rings is 5. The molecule has 0 atom stereocenters. The second-order valence-corrected chi connectivity index (χ2v) is 12.0. The third-order valence-corrected chi connectivity index (χ3v) is 9.47. The summed E-state index contributed by atoms with van der Waals surface area (Å²) in [6.07, 6.45) is 3.62. The summed E-state index contributed by atoms with van der Waals surface area (Å²) in [5.74, 6) is 0. The summed E-state index contributed by atoms with van der Waals surface area (Å²) in [7, 11) is 0. The number of anilines is 2. The molecule has 0 unspecified atom stereocenters. The largest absolute Gasteiger partial charge is 0.393 e. The van der Waals surface area contributed by atoms with Gasteiger partial charge in [0, 0.05) is 53.5 Å². The van der Waals surface area contributed by atoms with Gasteiger partial charge in [0.25, 0.3) is 0 Å². The first-order valence-corrected chi connectivity index (χ1v) is 15.7. The third kappa shape index (κ3) is 5.43. The summed E-state index contributed by atoms with van der Waals surface area (Å²) < 4.78 is 2.60. The van der Waals surface area contributed by atoms with Gasteiger partial charge in [-0.15, -0.1) is 71.0 Å². The zero-order valence-corrected chi connectivity index (χ0v) is 28.1. The van der Waals surface area contributed by atoms with Crippen LogP contribution < -0.4 is 5.32 Å². The fourth-order valence-electron chi connectivity index (χ4n) is 6.05. The van der Waals surface area contributed by atoms with Crippen LogP contribution in [0, 0.1) is 19.1 Å². The summed E-state index contributed by atoms with van der Waals surface area (Å²) in [6.45, 7) is 2.23. The van der Waals surface area contributed by atoms with Crippen molar-refractivity contribution in [2.45, 2.75) is 6.92 Å². The Labute approximate surface area is 286 Å². The molecule has 0 aliphatic carbocycles. The van der Waals surface area contributed by atoms with E-state index in [0.29, 0.717) is 0 Å². The molecule has 1 N–H and O–H groups in total. The van der Waals surface area contributed by atoms with Gasteiger partial charge in [-0.25, -0.2) is 0 Å². The molecule has 0 saturated heterocycles. The van der Waals surface area contributed by atoms with E-state index >= 15 is 0 Å². The minimum atomic E-state index is 0. The average Bonchev–Trinajstić information content (AvgIpc) is 3.49. The van der Waals surface area contributed by atoms with Crippen molar-refractivity contribution in [3.05, 3.63) is 157 Å². The monoisotopic (exact) mass is 786 g/mol. The molecule has 223 valence electrons. The molecule has 4 heterocycles. The predicted molar refractivity (Wildman–Crippen MR) is 189 cm³/mol. The number of fused-ring (bicyclic) bond motifs is 10. The molecule has 5 heteroatoms. The molecule has 3 nitrogen and oxygen atoms in total. The molecule has 1 aliphatic heterocycles. The third-order valence-electron chi connectivity index (χ3n) is 8.26. The van der Waals surface area contributed by atoms with Crippen molar-refractivity contribution in [3.63, 3.8) is 0 Å². The molecule has 8 aromatic rings. The molecule has 0 saturated carbocycles. The van der Waals surface area contributed by atoms with E-state index in [2.05, 4.69) is 101 Å². The van der Waals surface area contributed by atoms with Gasteiger partial charge in [0.05, 0.1) is 10.4 Å². The fraction of sp³-hybridized carbons (Fsp3) is 0.0244. The van der Waals surface area contributed by atoms with E-state index in [9.17, 15) is 0 Å². The Hall–Kier alpha value is -4.93. The Morgan fingerprint density at radius 3 is 2.07 bits per heavy atom. The summed E-state index contributed by atoms with van der Waals surface area (Å²) in [6, 6.07) is 50.4. The number of rotatable bonds is 2. The minimum Gasteiger partial charge on any atom is -0.393 e. The van der Waals surface area contributed by atoms with Crippen molar-refractivity contribution < 1.29 is 20.1 Å². The quantitative estimate of drug-likeness (QED) is 0.177. The Bertz CT molecular complexity index is 2260. The van der Waals surface area contributed by atoms with E-state index in [0.717, 1.165) is 28.2 Å². The van der Waals surface area contributed by atoms with Crippen molar-refractivity contribution in [1.29, 1.82) is 0 Å². The topological polar surface area (TPSA) is 37.8 Å². The second kappa shape index (κ2) is 12.8. The molecule has 9 rings (SSSR count). The van der Waals surface area contributed by atoms with Crippen LogP contribution in [0.5, 0.6) is 0 Å². The van der Waals surface area contributed by atoms with Crippen LogP contribution in [0.3, 0.4) is 0 Å². The SMILES string of the molecule is Cc1c2cccc1-c1ccc3c(sc4ccccc43)c1Nc1c[c-]c(-c3ccccn3)cc1-2.[Ir].[c-]1ccccc1-c1ccccn1. The number of thiophene rings is 1. The molecular weight excluding hydrogens is 759 g/mol. The van der Waals surface area contributed by atoms with Gasteiger partial charge in [-0.3, -0.25) is 0 Å². The molecule has 0 spiro atoms. The van der Waals surface area contributed by atoms with Gasteiger partial charge < -0.3 is 15.3 Å². The molecular formula is C41H27IrN3S-2. The van der Waals surface area contributed by atoms with Gasteiger partial charge in [-0.1, -0.05) is 78.4 Å². The number of nitrogens with one attached hydrogen (secondary N) is 1. The predicted octanol–water partition coefficient (Wildman–Crippen LogP) is 11.2. The number of hydrogen-bond acceptors (Lipinski definition) is 4. The molecule has 0 fully saturated rings. The van der Waals surface area contributed by atoms with E-state index in [-0.39, 0.29) is 20.1 Å². The van der Waals surface area contributed by atoms with Crippen LogP contribution in [-0.2, 0) is 20.1 Å². The Morgan fingerprint density at radius 2 is 1.33 bits per heavy atom. The van der Waals surface area contributed by atoms with Crippen LogP contribution in [0.1, 0.15) is 5.56 Å². The molecule has 0 amide bonds. The summed E-state index contributed by atoms with van der Waals surface area (Å²) in [4.78, 5) is 8.76. The zero-order valence-electron chi connectivity index (χ0n) is 24.9. The molecule has 1 radical (unpaired) electrons. The Morgan fingerprint density at radius 1 is 0.609 bits per heavy atom. The smallest absolute Gasteiger partial charge is 0.0589 e. The summed E-state index contributed by atoms with van der Waals surface area (Å²) >= 11 is 1.86. The van der Waals surface area contributed by atoms with Crippen LogP contribution in [0.4, 0.5) is 11.4 Å². The molecule has 46 heavy (non-hydrogen) atoms. The maximum atomic E-state index is 4.54. The van der Waals surface area contributed by atoms with E-state index in [1.165, 1.54) is 53.7 Å². The average molecular weight is 786 g/mol. The standard InChI is InChI=1S/C30H19N2S.C11H8N.Ir/c1-18-20-8-6-9-21(18)25-17-19(26-10-4-5-16-31-26)12-15-27(25)32-29-23(20)13-14-24-22-7-2-3-11-28(22)33-30(24)29;1-2-6-10(7-3-1)11-8-4-5-9-12-11;/h2-11,13-17,32H,1H3;1-6,8-9H;/q2*-1;. The van der Waals surface area contributed by atoms with Gasteiger partial charge in [-0.2, -0.15) is 0 Å². The van der Waals surface area contributed by atoms with Crippen molar-refractivity contribution in [1.82, 2.24) is 9.97 Å². The second-order valence-electron chi connectivity index (χ2n) is 10.9. The first-order chi connectivity index (χ1) is 22.2. The van der Waals surface area contributed by atoms with E-state index in [4.69, 9.17) is 0 Å². The number of nitrogens with zero attached hydrogens (tertiary/aromatic N) is 2. The van der Waals surface area contributed by atoms with Crippen molar-refractivity contribution in [2.24, 2.45) is 0 Å². The summed E-state index contributed by atoms with van der Waals surface area (Å²) in [5, 5.41) is 6.43. The Balaban J connectivity index is 0.000000220. The van der Waals surface area contributed by atoms with Gasteiger partial charge in [-0.05, 0) is 58.9 Å². The minimum absolute atomic E-state index is 0. The molecule has 5 aromatic carbocycles. The molecule has 3 aromatic heterocycles. The maximum absolute atomic E-state index is 4.54. The first kappa shape index (κ1) is 29.8. The number of hydrogen-bond donors (Lipinski definition) is 1. The molecule has 2 bridgehead atoms. The van der Waals surface area contributed by atoms with E-state index < -0.39 is 0 Å². The van der Waals surface area contributed by atoms with Crippen molar-refractivity contribution in [3.8, 4) is 44.8 Å². The Kier molecular flexibility index (Phi) is 8.30. The van der Waals surface area contributed by atoms with Gasteiger partial charge >= 0.3 is 0 Å². The van der Waals surface area contributed by atoms with Gasteiger partial charge in [0.1, 0.15) is 0 Å². The van der Waals surface area contributed by atoms with Crippen LogP contribution in [-0.4, -0.2) is 9.97 Å². The van der Waals surface area contributed by atoms with Crippen LogP contribution in [0.25, 0.3) is 64.9 Å². The number of aromatic nitrogens is 2. The first-order valence-electron chi connectivity index (χ1n) is 14.9. The molecule has 1 aliphatic rings. The van der Waals surface area contributed by atoms with Crippen LogP contribution in [0.15, 0.2) is 140 Å².